The van der Waals surface area contributed by atoms with Gasteiger partial charge < -0.3 is 9.80 Å². The molecule has 0 saturated carbocycles. The molecule has 1 atom stereocenters. The maximum Gasteiger partial charge on any atom is 0.0572 e. The van der Waals surface area contributed by atoms with Gasteiger partial charge in [0, 0.05) is 38.4 Å². The van der Waals surface area contributed by atoms with Crippen molar-refractivity contribution < 1.29 is 0 Å². The van der Waals surface area contributed by atoms with E-state index in [9.17, 15) is 0 Å². The topological polar surface area (TPSA) is 22.6 Å². The molecule has 25 heavy (non-hydrogen) atoms. The van der Waals surface area contributed by atoms with Crippen LogP contribution >= 0.6 is 0 Å². The average Bonchev–Trinajstić information content (AvgIpc) is 2.69. The molecule has 0 aliphatic heterocycles. The van der Waals surface area contributed by atoms with E-state index in [1.165, 1.54) is 5.69 Å². The lowest BCUT2D eigenvalue weighted by Gasteiger charge is -2.32. The number of pyridine rings is 1. The fraction of sp³-hybridized carbons (Fsp3) is 0.762. The van der Waals surface area contributed by atoms with Gasteiger partial charge in [0.05, 0.1) is 5.69 Å². The lowest BCUT2D eigenvalue weighted by Crippen LogP contribution is -2.41. The normalized spacial score (nSPS) is 12.4. The number of hydrogen-bond acceptors (Lipinski definition) is 4. The maximum atomic E-state index is 4.57. The van der Waals surface area contributed by atoms with Crippen LogP contribution in [0.5, 0.6) is 0 Å². The molecule has 1 rings (SSSR count). The second kappa shape index (κ2) is 15.3. The first-order valence-electron chi connectivity index (χ1n) is 10.3. The number of nitrogens with zero attached hydrogens (tertiary/aromatic N) is 4. The van der Waals surface area contributed by atoms with Gasteiger partial charge in [-0.1, -0.05) is 47.6 Å². The highest BCUT2D eigenvalue weighted by atomic mass is 15.2. The van der Waals surface area contributed by atoms with Crippen molar-refractivity contribution in [2.75, 3.05) is 52.4 Å². The number of aromatic nitrogens is 1. The Bertz CT molecular complexity index is 372. The van der Waals surface area contributed by atoms with Crippen LogP contribution in [0, 0.1) is 0 Å². The number of hydrogen-bond donors (Lipinski definition) is 0. The van der Waals surface area contributed by atoms with Crippen LogP contribution in [0.25, 0.3) is 0 Å². The minimum atomic E-state index is 0.363. The van der Waals surface area contributed by atoms with Crippen LogP contribution in [0.4, 0.5) is 0 Å². The van der Waals surface area contributed by atoms with E-state index in [1.54, 1.807) is 0 Å². The minimum absolute atomic E-state index is 0.363. The zero-order valence-corrected chi connectivity index (χ0v) is 17.8. The van der Waals surface area contributed by atoms with Crippen molar-refractivity contribution in [3.05, 3.63) is 30.1 Å². The molecule has 1 heterocycles. The Kier molecular flexibility index (Phi) is 14.7. The Balaban J connectivity index is 0.00000277. The Morgan fingerprint density at radius 1 is 0.800 bits per heavy atom. The molecule has 4 nitrogen and oxygen atoms in total. The van der Waals surface area contributed by atoms with Gasteiger partial charge in [-0.15, -0.1) is 0 Å². The molecule has 0 aromatic carbocycles. The largest absolute Gasteiger partial charge is 0.303 e. The van der Waals surface area contributed by atoms with Gasteiger partial charge in [-0.2, -0.15) is 0 Å². The van der Waals surface area contributed by atoms with Gasteiger partial charge in [-0.05, 0) is 45.2 Å². The molecule has 146 valence electrons. The Morgan fingerprint density at radius 3 is 1.64 bits per heavy atom. The highest BCUT2D eigenvalue weighted by Crippen LogP contribution is 2.17. The van der Waals surface area contributed by atoms with Crippen molar-refractivity contribution in [3.63, 3.8) is 0 Å². The Labute approximate surface area is 157 Å². The third-order valence-electron chi connectivity index (χ3n) is 4.86. The van der Waals surface area contributed by atoms with E-state index >= 15 is 0 Å². The Hall–Kier alpha value is -0.970. The van der Waals surface area contributed by atoms with Crippen molar-refractivity contribution in [1.29, 1.82) is 0 Å². The highest BCUT2D eigenvalue weighted by molar-refractivity contribution is 5.08. The first-order valence-corrected chi connectivity index (χ1v) is 10.3. The molecule has 0 fully saturated rings. The van der Waals surface area contributed by atoms with Crippen LogP contribution in [-0.4, -0.2) is 72.0 Å². The first-order chi connectivity index (χ1) is 12.2. The van der Waals surface area contributed by atoms with Gasteiger partial charge in [0.25, 0.3) is 0 Å². The molecule has 0 bridgehead atoms. The van der Waals surface area contributed by atoms with E-state index in [4.69, 9.17) is 0 Å². The zero-order chi connectivity index (χ0) is 19.1. The molecule has 0 spiro atoms. The molecular weight excluding hydrogens is 308 g/mol. The summed E-state index contributed by atoms with van der Waals surface area (Å²) in [6.07, 6.45) is 1.90. The first kappa shape index (κ1) is 24.0. The van der Waals surface area contributed by atoms with Crippen LogP contribution < -0.4 is 0 Å². The number of rotatable bonds is 12. The van der Waals surface area contributed by atoms with Crippen molar-refractivity contribution in [1.82, 2.24) is 19.7 Å². The molecule has 4 heteroatoms. The number of likely N-dealkylation sites (N-methyl/N-ethyl adjacent to an activating group) is 2. The SMILES string of the molecule is CC.CCN(CC)CCN(CCN(CC)CC)C(C)c1ccccn1. The summed E-state index contributed by atoms with van der Waals surface area (Å²) in [6.45, 7) is 24.2. The van der Waals surface area contributed by atoms with Crippen molar-refractivity contribution in [2.45, 2.75) is 54.5 Å². The minimum Gasteiger partial charge on any atom is -0.303 e. The smallest absolute Gasteiger partial charge is 0.0572 e. The van der Waals surface area contributed by atoms with Crippen LogP contribution in [-0.2, 0) is 0 Å². The van der Waals surface area contributed by atoms with E-state index in [0.29, 0.717) is 6.04 Å². The quantitative estimate of drug-likeness (QED) is 0.565. The predicted octanol–water partition coefficient (Wildman–Crippen LogP) is 4.15. The molecule has 0 aliphatic carbocycles. The predicted molar refractivity (Wildman–Crippen MR) is 111 cm³/mol. The molecule has 1 aromatic rings. The van der Waals surface area contributed by atoms with E-state index < -0.39 is 0 Å². The summed E-state index contributed by atoms with van der Waals surface area (Å²) in [5, 5.41) is 0. The molecule has 1 unspecified atom stereocenters. The average molecular weight is 351 g/mol. The van der Waals surface area contributed by atoms with Crippen molar-refractivity contribution in [2.24, 2.45) is 0 Å². The van der Waals surface area contributed by atoms with Crippen LogP contribution in [0.3, 0.4) is 0 Å². The van der Waals surface area contributed by atoms with E-state index in [0.717, 1.165) is 52.4 Å². The lowest BCUT2D eigenvalue weighted by atomic mass is 10.1. The van der Waals surface area contributed by atoms with E-state index in [2.05, 4.69) is 66.4 Å². The molecule has 1 aromatic heterocycles. The molecule has 0 aliphatic rings. The van der Waals surface area contributed by atoms with E-state index in [-0.39, 0.29) is 0 Å². The molecule has 0 amide bonds. The van der Waals surface area contributed by atoms with Gasteiger partial charge in [-0.3, -0.25) is 9.88 Å². The summed E-state index contributed by atoms with van der Waals surface area (Å²) < 4.78 is 0. The lowest BCUT2D eigenvalue weighted by molar-refractivity contribution is 0.149. The molecule has 0 N–H and O–H groups in total. The highest BCUT2D eigenvalue weighted by Gasteiger charge is 2.18. The summed E-state index contributed by atoms with van der Waals surface area (Å²) in [4.78, 5) is 12.1. The van der Waals surface area contributed by atoms with Gasteiger partial charge >= 0.3 is 0 Å². The van der Waals surface area contributed by atoms with Crippen LogP contribution in [0.2, 0.25) is 0 Å². The second-order valence-corrected chi connectivity index (χ2v) is 6.02. The maximum absolute atomic E-state index is 4.57. The summed E-state index contributed by atoms with van der Waals surface area (Å²) in [5.41, 5.74) is 1.17. The fourth-order valence-corrected chi connectivity index (χ4v) is 2.93. The molecule has 0 saturated heterocycles. The van der Waals surface area contributed by atoms with Gasteiger partial charge in [0.1, 0.15) is 0 Å². The third-order valence-corrected chi connectivity index (χ3v) is 4.86. The summed E-state index contributed by atoms with van der Waals surface area (Å²) in [5.74, 6) is 0. The molecular formula is C21H42N4. The van der Waals surface area contributed by atoms with E-state index in [1.807, 2.05) is 26.1 Å². The third kappa shape index (κ3) is 9.34. The Morgan fingerprint density at radius 2 is 1.28 bits per heavy atom. The van der Waals surface area contributed by atoms with Gasteiger partial charge in [-0.25, -0.2) is 0 Å². The van der Waals surface area contributed by atoms with Crippen LogP contribution in [0.1, 0.15) is 60.2 Å². The summed E-state index contributed by atoms with van der Waals surface area (Å²) in [6, 6.07) is 6.59. The molecule has 0 radical (unpaired) electrons. The van der Waals surface area contributed by atoms with Crippen LogP contribution in [0.15, 0.2) is 24.4 Å². The van der Waals surface area contributed by atoms with Crippen molar-refractivity contribution >= 4 is 0 Å². The zero-order valence-electron chi connectivity index (χ0n) is 17.8. The van der Waals surface area contributed by atoms with Gasteiger partial charge in [0.2, 0.25) is 0 Å². The summed E-state index contributed by atoms with van der Waals surface area (Å²) >= 11 is 0. The monoisotopic (exact) mass is 350 g/mol. The standard InChI is InChI=1S/C19H36N4.C2H6/c1-6-21(7-2)14-16-23(17-15-22(8-3)9-4)18(5)19-12-10-11-13-20-19;1-2/h10-13,18H,6-9,14-17H2,1-5H3;1-2H3. The van der Waals surface area contributed by atoms with Gasteiger partial charge in [0.15, 0.2) is 0 Å². The fourth-order valence-electron chi connectivity index (χ4n) is 2.93. The second-order valence-electron chi connectivity index (χ2n) is 6.02. The summed E-state index contributed by atoms with van der Waals surface area (Å²) in [7, 11) is 0. The van der Waals surface area contributed by atoms with Crippen molar-refractivity contribution in [3.8, 4) is 0 Å².